The number of aryl methyl sites for hydroxylation is 4. The van der Waals surface area contributed by atoms with Crippen LogP contribution in [0.15, 0.2) is 12.1 Å². The molecule has 0 aliphatic heterocycles. The number of ether oxygens (including phenoxy) is 1. The van der Waals surface area contributed by atoms with Crippen molar-refractivity contribution in [2.24, 2.45) is 12.8 Å². The molecule has 0 aliphatic rings. The minimum absolute atomic E-state index is 0.382. The molecule has 4 nitrogen and oxygen atoms in total. The second-order valence-electron chi connectivity index (χ2n) is 5.07. The van der Waals surface area contributed by atoms with Crippen molar-refractivity contribution in [3.63, 3.8) is 0 Å². The Bertz CT molecular complexity index is 686. The van der Waals surface area contributed by atoms with Gasteiger partial charge in [0, 0.05) is 18.2 Å². The first-order valence-electron chi connectivity index (χ1n) is 6.53. The van der Waals surface area contributed by atoms with Gasteiger partial charge in [0.25, 0.3) is 0 Å². The lowest BCUT2D eigenvalue weighted by atomic mass is 10.1. The Hall–Kier alpha value is -1.59. The molecule has 0 aliphatic carbocycles. The highest BCUT2D eigenvalue weighted by molar-refractivity contribution is 7.80. The Morgan fingerprint density at radius 3 is 2.33 bits per heavy atom. The summed E-state index contributed by atoms with van der Waals surface area (Å²) >= 11 is 11.2. The second kappa shape index (κ2) is 6.03. The summed E-state index contributed by atoms with van der Waals surface area (Å²) in [4.78, 5) is 0.388. The zero-order chi connectivity index (χ0) is 15.7. The van der Waals surface area contributed by atoms with Crippen LogP contribution in [0.2, 0.25) is 5.15 Å². The van der Waals surface area contributed by atoms with Crippen LogP contribution in [0, 0.1) is 20.8 Å². The van der Waals surface area contributed by atoms with Gasteiger partial charge in [0.05, 0.1) is 5.69 Å². The fourth-order valence-corrected chi connectivity index (χ4v) is 2.65. The Morgan fingerprint density at radius 2 is 1.90 bits per heavy atom. The highest BCUT2D eigenvalue weighted by Gasteiger charge is 2.14. The lowest BCUT2D eigenvalue weighted by molar-refractivity contribution is 0.301. The van der Waals surface area contributed by atoms with Gasteiger partial charge in [0.2, 0.25) is 0 Å². The average Bonchev–Trinajstić information content (AvgIpc) is 2.63. The van der Waals surface area contributed by atoms with E-state index in [2.05, 4.69) is 5.10 Å². The van der Waals surface area contributed by atoms with Gasteiger partial charge in [0.15, 0.2) is 0 Å². The zero-order valence-corrected chi connectivity index (χ0v) is 14.1. The lowest BCUT2D eigenvalue weighted by Crippen LogP contribution is -2.10. The van der Waals surface area contributed by atoms with Crippen LogP contribution in [-0.4, -0.2) is 14.8 Å². The maximum atomic E-state index is 6.21. The highest BCUT2D eigenvalue weighted by atomic mass is 35.5. The molecular weight excluding hydrogens is 306 g/mol. The standard InChI is InChI=1S/C15H18ClN3OS/c1-8-5-11(15(17)21)6-9(2)13(8)20-7-12-10(3)18-19(4)14(12)16/h5-6H,7H2,1-4H3,(H2,17,21). The summed E-state index contributed by atoms with van der Waals surface area (Å²) in [6, 6.07) is 3.87. The van der Waals surface area contributed by atoms with Crippen LogP contribution in [0.1, 0.15) is 27.9 Å². The van der Waals surface area contributed by atoms with Crippen molar-refractivity contribution >= 4 is 28.8 Å². The van der Waals surface area contributed by atoms with Gasteiger partial charge in [-0.15, -0.1) is 0 Å². The first kappa shape index (κ1) is 15.8. The molecule has 0 radical (unpaired) electrons. The molecule has 2 N–H and O–H groups in total. The fourth-order valence-electron chi connectivity index (χ4n) is 2.30. The number of hydrogen-bond donors (Lipinski definition) is 1. The summed E-state index contributed by atoms with van der Waals surface area (Å²) in [7, 11) is 1.81. The third-order valence-corrected chi connectivity index (χ3v) is 4.08. The maximum absolute atomic E-state index is 6.21. The number of benzene rings is 1. The molecule has 0 amide bonds. The smallest absolute Gasteiger partial charge is 0.133 e. The van der Waals surface area contributed by atoms with Crippen LogP contribution in [-0.2, 0) is 13.7 Å². The zero-order valence-electron chi connectivity index (χ0n) is 12.5. The summed E-state index contributed by atoms with van der Waals surface area (Å²) in [5, 5.41) is 4.88. The summed E-state index contributed by atoms with van der Waals surface area (Å²) < 4.78 is 7.59. The predicted molar refractivity (Wildman–Crippen MR) is 89.1 cm³/mol. The van der Waals surface area contributed by atoms with Crippen molar-refractivity contribution in [2.45, 2.75) is 27.4 Å². The van der Waals surface area contributed by atoms with Crippen molar-refractivity contribution in [1.82, 2.24) is 9.78 Å². The molecule has 0 fully saturated rings. The first-order valence-corrected chi connectivity index (χ1v) is 7.31. The fraction of sp³-hybridized carbons (Fsp3) is 0.333. The molecule has 0 saturated heterocycles. The Balaban J connectivity index is 2.26. The van der Waals surface area contributed by atoms with E-state index >= 15 is 0 Å². The second-order valence-corrected chi connectivity index (χ2v) is 5.87. The van der Waals surface area contributed by atoms with Crippen LogP contribution >= 0.6 is 23.8 Å². The number of hydrogen-bond acceptors (Lipinski definition) is 3. The number of aromatic nitrogens is 2. The number of nitrogens with zero attached hydrogens (tertiary/aromatic N) is 2. The third-order valence-electron chi connectivity index (χ3n) is 3.38. The van der Waals surface area contributed by atoms with Gasteiger partial charge >= 0.3 is 0 Å². The van der Waals surface area contributed by atoms with Crippen molar-refractivity contribution in [1.29, 1.82) is 0 Å². The van der Waals surface area contributed by atoms with E-state index < -0.39 is 0 Å². The van der Waals surface area contributed by atoms with Crippen LogP contribution < -0.4 is 10.5 Å². The lowest BCUT2D eigenvalue weighted by Gasteiger charge is -2.14. The molecule has 2 rings (SSSR count). The van der Waals surface area contributed by atoms with Gasteiger partial charge in [-0.1, -0.05) is 23.8 Å². The minimum atomic E-state index is 0.382. The van der Waals surface area contributed by atoms with Crippen molar-refractivity contribution in [3.8, 4) is 5.75 Å². The molecule has 0 saturated carbocycles. The van der Waals surface area contributed by atoms with Crippen LogP contribution in [0.5, 0.6) is 5.75 Å². The maximum Gasteiger partial charge on any atom is 0.133 e. The highest BCUT2D eigenvalue weighted by Crippen LogP contribution is 2.27. The molecule has 112 valence electrons. The Labute approximate surface area is 134 Å². The van der Waals surface area contributed by atoms with Crippen LogP contribution in [0.3, 0.4) is 0 Å². The molecule has 1 heterocycles. The van der Waals surface area contributed by atoms with E-state index in [0.29, 0.717) is 16.7 Å². The Kier molecular flexibility index (Phi) is 4.54. The molecule has 0 unspecified atom stereocenters. The number of nitrogens with two attached hydrogens (primary N) is 1. The molecule has 1 aromatic heterocycles. The van der Waals surface area contributed by atoms with E-state index in [1.807, 2.05) is 40.0 Å². The Morgan fingerprint density at radius 1 is 1.33 bits per heavy atom. The van der Waals surface area contributed by atoms with Gasteiger partial charge in [-0.05, 0) is 44.0 Å². The molecule has 2 aromatic rings. The minimum Gasteiger partial charge on any atom is -0.488 e. The molecule has 0 spiro atoms. The molecule has 6 heteroatoms. The van der Waals surface area contributed by atoms with Gasteiger partial charge in [-0.25, -0.2) is 0 Å². The van der Waals surface area contributed by atoms with E-state index in [4.69, 9.17) is 34.3 Å². The normalized spacial score (nSPS) is 10.7. The SMILES string of the molecule is Cc1cc(C(N)=S)cc(C)c1OCc1c(C)nn(C)c1Cl. The summed E-state index contributed by atoms with van der Waals surface area (Å²) in [6.45, 7) is 6.25. The third kappa shape index (κ3) is 3.19. The van der Waals surface area contributed by atoms with Crippen molar-refractivity contribution in [3.05, 3.63) is 45.2 Å². The average molecular weight is 324 g/mol. The number of halogens is 1. The van der Waals surface area contributed by atoms with Gasteiger partial charge in [0.1, 0.15) is 22.5 Å². The molecule has 21 heavy (non-hydrogen) atoms. The molecular formula is C15H18ClN3OS. The van der Waals surface area contributed by atoms with Crippen molar-refractivity contribution in [2.75, 3.05) is 0 Å². The number of thiocarbonyl (C=S) groups is 1. The quantitative estimate of drug-likeness (QED) is 0.878. The summed E-state index contributed by atoms with van der Waals surface area (Å²) in [6.07, 6.45) is 0. The van der Waals surface area contributed by atoms with Gasteiger partial charge in [-0.3, -0.25) is 4.68 Å². The van der Waals surface area contributed by atoms with E-state index in [1.165, 1.54) is 0 Å². The van der Waals surface area contributed by atoms with Gasteiger partial charge in [-0.2, -0.15) is 5.10 Å². The summed E-state index contributed by atoms with van der Waals surface area (Å²) in [5.41, 5.74) is 10.3. The van der Waals surface area contributed by atoms with Crippen LogP contribution in [0.4, 0.5) is 0 Å². The van der Waals surface area contributed by atoms with E-state index in [9.17, 15) is 0 Å². The van der Waals surface area contributed by atoms with Crippen LogP contribution in [0.25, 0.3) is 0 Å². The van der Waals surface area contributed by atoms with E-state index in [1.54, 1.807) is 4.68 Å². The first-order chi connectivity index (χ1) is 9.81. The predicted octanol–water partition coefficient (Wildman–Crippen LogP) is 3.21. The van der Waals surface area contributed by atoms with Crippen molar-refractivity contribution < 1.29 is 4.74 Å². The van der Waals surface area contributed by atoms with E-state index in [0.717, 1.165) is 33.7 Å². The molecule has 1 aromatic carbocycles. The van der Waals surface area contributed by atoms with Gasteiger partial charge < -0.3 is 10.5 Å². The molecule has 0 bridgehead atoms. The van der Waals surface area contributed by atoms with E-state index in [-0.39, 0.29) is 0 Å². The largest absolute Gasteiger partial charge is 0.488 e. The monoisotopic (exact) mass is 323 g/mol. The molecule has 0 atom stereocenters. The topological polar surface area (TPSA) is 53.1 Å². The summed E-state index contributed by atoms with van der Waals surface area (Å²) in [5.74, 6) is 0.828. The number of rotatable bonds is 4.